The normalized spacial score (nSPS) is 8.83. The monoisotopic (exact) mass is 185 g/mol. The number of benzene rings is 1. The van der Waals surface area contributed by atoms with Gasteiger partial charge in [-0.15, -0.1) is 12.4 Å². The summed E-state index contributed by atoms with van der Waals surface area (Å²) < 4.78 is 0. The highest BCUT2D eigenvalue weighted by Crippen LogP contribution is 2.12. The van der Waals surface area contributed by atoms with Crippen molar-refractivity contribution in [3.63, 3.8) is 0 Å². The molecule has 0 unspecified atom stereocenters. The largest absolute Gasteiger partial charge is 0.398 e. The molecule has 0 saturated carbocycles. The highest BCUT2D eigenvalue weighted by Gasteiger charge is 1.99. The Morgan fingerprint density at radius 3 is 2.42 bits per heavy atom. The number of Topliss-reactive ketones (excluding diaryl/α,β-unsaturated/α-hetero) is 1. The summed E-state index contributed by atoms with van der Waals surface area (Å²) in [6.45, 7) is 3.45. The minimum Gasteiger partial charge on any atom is -0.398 e. The van der Waals surface area contributed by atoms with Crippen LogP contribution in [-0.2, 0) is 0 Å². The molecular weight excluding hydrogens is 174 g/mol. The number of carbonyl (C=O) groups excluding carboxylic acids is 1. The summed E-state index contributed by atoms with van der Waals surface area (Å²) in [5, 5.41) is 0. The summed E-state index contributed by atoms with van der Waals surface area (Å²) in [5.74, 6) is 0.0525. The molecule has 0 saturated heterocycles. The van der Waals surface area contributed by atoms with E-state index in [0.717, 1.165) is 5.56 Å². The summed E-state index contributed by atoms with van der Waals surface area (Å²) >= 11 is 0. The van der Waals surface area contributed by atoms with E-state index in [-0.39, 0.29) is 18.2 Å². The highest BCUT2D eigenvalue weighted by atomic mass is 35.5. The Morgan fingerprint density at radius 2 is 2.00 bits per heavy atom. The van der Waals surface area contributed by atoms with Crippen LogP contribution in [-0.4, -0.2) is 5.78 Å². The van der Waals surface area contributed by atoms with Crippen molar-refractivity contribution in [2.45, 2.75) is 13.8 Å². The predicted octanol–water partition coefficient (Wildman–Crippen LogP) is 2.20. The van der Waals surface area contributed by atoms with Gasteiger partial charge in [0, 0.05) is 11.3 Å². The molecule has 1 rings (SSSR count). The van der Waals surface area contributed by atoms with E-state index >= 15 is 0 Å². The van der Waals surface area contributed by atoms with E-state index in [9.17, 15) is 4.79 Å². The molecule has 0 bridgehead atoms. The van der Waals surface area contributed by atoms with Crippen LogP contribution in [0.3, 0.4) is 0 Å². The molecule has 0 aromatic heterocycles. The van der Waals surface area contributed by atoms with Gasteiger partial charge in [-0.3, -0.25) is 4.79 Å². The number of nitrogens with two attached hydrogens (primary N) is 1. The molecule has 2 N–H and O–H groups in total. The lowest BCUT2D eigenvalue weighted by Gasteiger charge is -2.00. The molecule has 0 radical (unpaired) electrons. The molecule has 0 amide bonds. The summed E-state index contributed by atoms with van der Waals surface area (Å²) in [6.07, 6.45) is 0. The van der Waals surface area contributed by atoms with Gasteiger partial charge in [-0.1, -0.05) is 12.1 Å². The van der Waals surface area contributed by atoms with Crippen molar-refractivity contribution in [2.24, 2.45) is 0 Å². The van der Waals surface area contributed by atoms with Crippen LogP contribution >= 0.6 is 12.4 Å². The third kappa shape index (κ3) is 2.24. The number of halogens is 1. The first-order chi connectivity index (χ1) is 5.11. The molecule has 1 aromatic rings. The topological polar surface area (TPSA) is 43.1 Å². The molecule has 0 aliphatic rings. The second-order valence-corrected chi connectivity index (χ2v) is 2.63. The first-order valence-electron chi connectivity index (χ1n) is 3.48. The maximum atomic E-state index is 10.9. The molecule has 3 heteroatoms. The van der Waals surface area contributed by atoms with Crippen LogP contribution in [0.1, 0.15) is 22.8 Å². The SMILES string of the molecule is CC(=O)c1ccc(C)c(N)c1.Cl. The fourth-order valence-electron chi connectivity index (χ4n) is 0.859. The lowest BCUT2D eigenvalue weighted by Crippen LogP contribution is -1.95. The molecule has 12 heavy (non-hydrogen) atoms. The number of hydrogen-bond acceptors (Lipinski definition) is 2. The minimum absolute atomic E-state index is 0. The number of anilines is 1. The summed E-state index contributed by atoms with van der Waals surface area (Å²) in [7, 11) is 0. The Morgan fingerprint density at radius 1 is 1.42 bits per heavy atom. The zero-order valence-electron chi connectivity index (χ0n) is 7.13. The molecule has 0 spiro atoms. The van der Waals surface area contributed by atoms with Crippen LogP contribution in [0.25, 0.3) is 0 Å². The minimum atomic E-state index is 0. The van der Waals surface area contributed by atoms with E-state index in [1.807, 2.05) is 13.0 Å². The van der Waals surface area contributed by atoms with E-state index in [2.05, 4.69) is 0 Å². The number of ketones is 1. The van der Waals surface area contributed by atoms with E-state index in [1.165, 1.54) is 6.92 Å². The smallest absolute Gasteiger partial charge is 0.159 e. The van der Waals surface area contributed by atoms with E-state index in [4.69, 9.17) is 5.73 Å². The molecule has 0 fully saturated rings. The molecule has 0 aliphatic carbocycles. The molecule has 0 aliphatic heterocycles. The van der Waals surface area contributed by atoms with Crippen molar-refractivity contribution in [2.75, 3.05) is 5.73 Å². The van der Waals surface area contributed by atoms with Gasteiger partial charge < -0.3 is 5.73 Å². The molecule has 2 nitrogen and oxygen atoms in total. The second-order valence-electron chi connectivity index (χ2n) is 2.63. The van der Waals surface area contributed by atoms with Crippen LogP contribution in [0.15, 0.2) is 18.2 Å². The Bertz CT molecular complexity index is 297. The summed E-state index contributed by atoms with van der Waals surface area (Å²) in [5.41, 5.74) is 7.97. The number of carbonyl (C=O) groups is 1. The van der Waals surface area contributed by atoms with Crippen molar-refractivity contribution < 1.29 is 4.79 Å². The molecule has 1 aromatic carbocycles. The summed E-state index contributed by atoms with van der Waals surface area (Å²) in [6, 6.07) is 5.35. The summed E-state index contributed by atoms with van der Waals surface area (Å²) in [4.78, 5) is 10.9. The van der Waals surface area contributed by atoms with Gasteiger partial charge in [-0.05, 0) is 25.5 Å². The van der Waals surface area contributed by atoms with E-state index in [1.54, 1.807) is 12.1 Å². The van der Waals surface area contributed by atoms with Crippen molar-refractivity contribution in [3.8, 4) is 0 Å². The molecule has 0 atom stereocenters. The number of aryl methyl sites for hydroxylation is 1. The van der Waals surface area contributed by atoms with Crippen LogP contribution < -0.4 is 5.73 Å². The lowest BCUT2D eigenvalue weighted by atomic mass is 10.1. The van der Waals surface area contributed by atoms with Crippen LogP contribution in [0.4, 0.5) is 5.69 Å². The fraction of sp³-hybridized carbons (Fsp3) is 0.222. The standard InChI is InChI=1S/C9H11NO.ClH/c1-6-3-4-8(7(2)11)5-9(6)10;/h3-5H,10H2,1-2H3;1H. The van der Waals surface area contributed by atoms with Gasteiger partial charge in [-0.2, -0.15) is 0 Å². The second kappa shape index (κ2) is 4.12. The van der Waals surface area contributed by atoms with Crippen molar-refractivity contribution in [3.05, 3.63) is 29.3 Å². The Kier molecular flexibility index (Phi) is 3.77. The Hall–Kier alpha value is -1.02. The average molecular weight is 186 g/mol. The van der Waals surface area contributed by atoms with Gasteiger partial charge in [0.05, 0.1) is 0 Å². The van der Waals surface area contributed by atoms with Gasteiger partial charge in [0.2, 0.25) is 0 Å². The Labute approximate surface area is 78.2 Å². The van der Waals surface area contributed by atoms with Gasteiger partial charge >= 0.3 is 0 Å². The highest BCUT2D eigenvalue weighted by molar-refractivity contribution is 5.95. The Balaban J connectivity index is 0.00000121. The molecular formula is C9H12ClNO. The quantitative estimate of drug-likeness (QED) is 0.539. The third-order valence-corrected chi connectivity index (χ3v) is 1.69. The van der Waals surface area contributed by atoms with Crippen LogP contribution in [0.2, 0.25) is 0 Å². The van der Waals surface area contributed by atoms with E-state index in [0.29, 0.717) is 11.3 Å². The molecule has 66 valence electrons. The van der Waals surface area contributed by atoms with Crippen molar-refractivity contribution >= 4 is 23.9 Å². The number of hydrogen-bond donors (Lipinski definition) is 1. The maximum Gasteiger partial charge on any atom is 0.159 e. The maximum absolute atomic E-state index is 10.9. The van der Waals surface area contributed by atoms with Crippen molar-refractivity contribution in [1.29, 1.82) is 0 Å². The van der Waals surface area contributed by atoms with Gasteiger partial charge in [0.15, 0.2) is 5.78 Å². The number of rotatable bonds is 1. The van der Waals surface area contributed by atoms with Crippen LogP contribution in [0, 0.1) is 6.92 Å². The first-order valence-corrected chi connectivity index (χ1v) is 3.48. The fourth-order valence-corrected chi connectivity index (χ4v) is 0.859. The lowest BCUT2D eigenvalue weighted by molar-refractivity contribution is 0.101. The zero-order chi connectivity index (χ0) is 8.43. The van der Waals surface area contributed by atoms with Crippen LogP contribution in [0.5, 0.6) is 0 Å². The first kappa shape index (κ1) is 11.0. The van der Waals surface area contributed by atoms with Gasteiger partial charge in [0.1, 0.15) is 0 Å². The predicted molar refractivity (Wildman–Crippen MR) is 52.8 cm³/mol. The third-order valence-electron chi connectivity index (χ3n) is 1.69. The van der Waals surface area contributed by atoms with E-state index < -0.39 is 0 Å². The van der Waals surface area contributed by atoms with Crippen molar-refractivity contribution in [1.82, 2.24) is 0 Å². The van der Waals surface area contributed by atoms with Gasteiger partial charge in [0.25, 0.3) is 0 Å². The van der Waals surface area contributed by atoms with Gasteiger partial charge in [-0.25, -0.2) is 0 Å². The zero-order valence-corrected chi connectivity index (χ0v) is 7.94. The average Bonchev–Trinajstić information content (AvgIpc) is 1.94. The number of nitrogen functional groups attached to an aromatic ring is 1. The molecule has 0 heterocycles.